The lowest BCUT2D eigenvalue weighted by Gasteiger charge is -2.34. The molecule has 1 aromatic rings. The molecule has 0 aromatic heterocycles. The maximum absolute atomic E-state index is 13.1. The summed E-state index contributed by atoms with van der Waals surface area (Å²) in [6.07, 6.45) is 2.26. The zero-order valence-corrected chi connectivity index (χ0v) is 14.0. The van der Waals surface area contributed by atoms with Gasteiger partial charge in [-0.15, -0.1) is 0 Å². The number of anilines is 1. The van der Waals surface area contributed by atoms with Crippen LogP contribution in [0.2, 0.25) is 0 Å². The molecule has 0 saturated carbocycles. The fraction of sp³-hybridized carbons (Fsp3) is 0.556. The van der Waals surface area contributed by atoms with Gasteiger partial charge in [-0.05, 0) is 43.4 Å². The molecule has 132 valence electrons. The minimum atomic E-state index is -0.416. The smallest absolute Gasteiger partial charge is 0.224 e. The van der Waals surface area contributed by atoms with Gasteiger partial charge in [0.15, 0.2) is 0 Å². The van der Waals surface area contributed by atoms with Crippen LogP contribution >= 0.6 is 0 Å². The van der Waals surface area contributed by atoms with E-state index in [0.29, 0.717) is 18.8 Å². The fourth-order valence-corrected chi connectivity index (χ4v) is 3.04. The van der Waals surface area contributed by atoms with Crippen molar-refractivity contribution in [3.63, 3.8) is 0 Å². The molecule has 1 saturated heterocycles. The monoisotopic (exact) mass is 336 g/mol. The highest BCUT2D eigenvalue weighted by molar-refractivity contribution is 5.93. The molecule has 1 fully saturated rings. The van der Waals surface area contributed by atoms with E-state index in [1.54, 1.807) is 11.0 Å². The third-order valence-electron chi connectivity index (χ3n) is 4.53. The standard InChI is InChI=1S/C18H25FN2O3/c1-2-16(22)13-8-10-21(11-9-13)18(24)7-6-17(23)20-15-5-3-4-14(19)12-15/h3-5,12-13,16,22H,2,6-11H2,1H3,(H,20,23). The summed E-state index contributed by atoms with van der Waals surface area (Å²) >= 11 is 0. The van der Waals surface area contributed by atoms with E-state index in [9.17, 15) is 19.1 Å². The van der Waals surface area contributed by atoms with E-state index in [-0.39, 0.29) is 36.7 Å². The van der Waals surface area contributed by atoms with Crippen LogP contribution in [0.25, 0.3) is 0 Å². The SMILES string of the molecule is CCC(O)C1CCN(C(=O)CCC(=O)Nc2cccc(F)c2)CC1. The molecule has 2 amide bonds. The summed E-state index contributed by atoms with van der Waals surface area (Å²) < 4.78 is 13.1. The van der Waals surface area contributed by atoms with Crippen LogP contribution in [-0.2, 0) is 9.59 Å². The van der Waals surface area contributed by atoms with E-state index >= 15 is 0 Å². The van der Waals surface area contributed by atoms with Gasteiger partial charge in [0.1, 0.15) is 5.82 Å². The quantitative estimate of drug-likeness (QED) is 0.839. The number of rotatable bonds is 6. The number of hydrogen-bond acceptors (Lipinski definition) is 3. The first-order valence-corrected chi connectivity index (χ1v) is 8.51. The van der Waals surface area contributed by atoms with Gasteiger partial charge in [-0.3, -0.25) is 9.59 Å². The van der Waals surface area contributed by atoms with E-state index < -0.39 is 5.82 Å². The number of aliphatic hydroxyl groups is 1. The van der Waals surface area contributed by atoms with Crippen LogP contribution in [-0.4, -0.2) is 41.0 Å². The zero-order valence-electron chi connectivity index (χ0n) is 14.0. The van der Waals surface area contributed by atoms with Crippen molar-refractivity contribution in [1.29, 1.82) is 0 Å². The van der Waals surface area contributed by atoms with Crippen LogP contribution in [0.4, 0.5) is 10.1 Å². The van der Waals surface area contributed by atoms with E-state index in [2.05, 4.69) is 5.32 Å². The van der Waals surface area contributed by atoms with E-state index in [1.165, 1.54) is 18.2 Å². The van der Waals surface area contributed by atoms with Crippen molar-refractivity contribution in [2.45, 2.75) is 45.1 Å². The molecule has 1 aliphatic rings. The molecule has 1 unspecified atom stereocenters. The van der Waals surface area contributed by atoms with Gasteiger partial charge in [-0.2, -0.15) is 0 Å². The van der Waals surface area contributed by atoms with Gasteiger partial charge in [0.05, 0.1) is 6.10 Å². The average molecular weight is 336 g/mol. The van der Waals surface area contributed by atoms with Crippen LogP contribution < -0.4 is 5.32 Å². The number of amides is 2. The third kappa shape index (κ3) is 5.30. The summed E-state index contributed by atoms with van der Waals surface area (Å²) in [4.78, 5) is 25.8. The highest BCUT2D eigenvalue weighted by Crippen LogP contribution is 2.23. The lowest BCUT2D eigenvalue weighted by molar-refractivity contribution is -0.134. The Bertz CT molecular complexity index is 571. The summed E-state index contributed by atoms with van der Waals surface area (Å²) in [6.45, 7) is 3.22. The van der Waals surface area contributed by atoms with E-state index in [1.807, 2.05) is 6.92 Å². The maximum Gasteiger partial charge on any atom is 0.224 e. The Balaban J connectivity index is 1.72. The van der Waals surface area contributed by atoms with Crippen molar-refractivity contribution in [2.24, 2.45) is 5.92 Å². The summed E-state index contributed by atoms with van der Waals surface area (Å²) in [5.41, 5.74) is 0.391. The number of carbonyl (C=O) groups excluding carboxylic acids is 2. The first-order chi connectivity index (χ1) is 11.5. The second-order valence-corrected chi connectivity index (χ2v) is 6.25. The Kier molecular flexibility index (Phi) is 6.73. The summed E-state index contributed by atoms with van der Waals surface area (Å²) in [5.74, 6) is -0.504. The zero-order chi connectivity index (χ0) is 17.5. The Hall–Kier alpha value is -1.95. The molecule has 0 bridgehead atoms. The predicted octanol–water partition coefficient (Wildman–Crippen LogP) is 2.55. The van der Waals surface area contributed by atoms with Gasteiger partial charge >= 0.3 is 0 Å². The fourth-order valence-electron chi connectivity index (χ4n) is 3.04. The average Bonchev–Trinajstić information content (AvgIpc) is 2.59. The number of halogens is 1. The highest BCUT2D eigenvalue weighted by atomic mass is 19.1. The van der Waals surface area contributed by atoms with Crippen molar-refractivity contribution >= 4 is 17.5 Å². The van der Waals surface area contributed by atoms with Gasteiger partial charge in [0.2, 0.25) is 11.8 Å². The molecule has 1 aliphatic heterocycles. The van der Waals surface area contributed by atoms with Gasteiger partial charge in [0, 0.05) is 31.6 Å². The molecule has 0 radical (unpaired) electrons. The number of nitrogens with one attached hydrogen (secondary N) is 1. The summed E-state index contributed by atoms with van der Waals surface area (Å²) in [6, 6.07) is 5.67. The van der Waals surface area contributed by atoms with Gasteiger partial charge in [-0.25, -0.2) is 4.39 Å². The summed E-state index contributed by atoms with van der Waals surface area (Å²) in [5, 5.41) is 12.4. The van der Waals surface area contributed by atoms with Gasteiger partial charge in [-0.1, -0.05) is 13.0 Å². The topological polar surface area (TPSA) is 69.6 Å². The first-order valence-electron chi connectivity index (χ1n) is 8.51. The molecule has 0 aliphatic carbocycles. The number of hydrogen-bond donors (Lipinski definition) is 2. The van der Waals surface area contributed by atoms with Crippen molar-refractivity contribution < 1.29 is 19.1 Å². The highest BCUT2D eigenvalue weighted by Gasteiger charge is 2.26. The van der Waals surface area contributed by atoms with Crippen LogP contribution in [0.5, 0.6) is 0 Å². The Morgan fingerprint density at radius 1 is 1.33 bits per heavy atom. The molecule has 0 spiro atoms. The number of carbonyl (C=O) groups is 2. The first kappa shape index (κ1) is 18.4. The number of benzene rings is 1. The molecule has 24 heavy (non-hydrogen) atoms. The molecular formula is C18H25FN2O3. The number of aliphatic hydroxyl groups excluding tert-OH is 1. The second kappa shape index (κ2) is 8.78. The van der Waals surface area contributed by atoms with Crippen LogP contribution in [0, 0.1) is 11.7 Å². The molecule has 1 heterocycles. The molecule has 5 nitrogen and oxygen atoms in total. The minimum Gasteiger partial charge on any atom is -0.393 e. The van der Waals surface area contributed by atoms with Crippen LogP contribution in [0.1, 0.15) is 39.0 Å². The second-order valence-electron chi connectivity index (χ2n) is 6.25. The van der Waals surface area contributed by atoms with Gasteiger partial charge in [0.25, 0.3) is 0 Å². The molecule has 2 N–H and O–H groups in total. The lowest BCUT2D eigenvalue weighted by Crippen LogP contribution is -2.41. The molecule has 1 atom stereocenters. The molecule has 1 aromatic carbocycles. The van der Waals surface area contributed by atoms with E-state index in [0.717, 1.165) is 19.3 Å². The number of nitrogens with zero attached hydrogens (tertiary/aromatic N) is 1. The van der Waals surface area contributed by atoms with Crippen LogP contribution in [0.15, 0.2) is 24.3 Å². The largest absolute Gasteiger partial charge is 0.393 e. The van der Waals surface area contributed by atoms with Crippen molar-refractivity contribution in [1.82, 2.24) is 4.90 Å². The molecular weight excluding hydrogens is 311 g/mol. The predicted molar refractivity (Wildman–Crippen MR) is 89.9 cm³/mol. The van der Waals surface area contributed by atoms with Crippen molar-refractivity contribution in [3.8, 4) is 0 Å². The minimum absolute atomic E-state index is 0.0474. The number of piperidine rings is 1. The normalized spacial score (nSPS) is 16.7. The Labute approximate surface area is 141 Å². The van der Waals surface area contributed by atoms with Crippen molar-refractivity contribution in [2.75, 3.05) is 18.4 Å². The lowest BCUT2D eigenvalue weighted by atomic mass is 9.90. The summed E-state index contributed by atoms with van der Waals surface area (Å²) in [7, 11) is 0. The maximum atomic E-state index is 13.1. The van der Waals surface area contributed by atoms with Crippen molar-refractivity contribution in [3.05, 3.63) is 30.1 Å². The van der Waals surface area contributed by atoms with Gasteiger partial charge < -0.3 is 15.3 Å². The van der Waals surface area contributed by atoms with Crippen LogP contribution in [0.3, 0.4) is 0 Å². The Morgan fingerprint density at radius 2 is 2.04 bits per heavy atom. The van der Waals surface area contributed by atoms with E-state index in [4.69, 9.17) is 0 Å². The third-order valence-corrected chi connectivity index (χ3v) is 4.53. The Morgan fingerprint density at radius 3 is 2.67 bits per heavy atom. The molecule has 2 rings (SSSR count). The number of likely N-dealkylation sites (tertiary alicyclic amines) is 1. The molecule has 6 heteroatoms.